The molecule has 4 heterocycles. The van der Waals surface area contributed by atoms with Crippen LogP contribution >= 0.6 is 0 Å². The maximum atomic E-state index is 11.0. The Morgan fingerprint density at radius 1 is 0.311 bits per heavy atom. The average molecular weight is 667 g/mol. The molecular weight excluding hydrogens is 624 g/mol. The number of aliphatic hydroxyl groups excluding tert-OH is 14. The highest BCUT2D eigenvalue weighted by molar-refractivity contribution is 4.97. The van der Waals surface area contributed by atoms with Crippen LogP contribution in [0.15, 0.2) is 0 Å². The molecule has 0 aromatic carbocycles. The largest absolute Gasteiger partial charge is 0.394 e. The van der Waals surface area contributed by atoms with E-state index in [0.29, 0.717) is 0 Å². The lowest BCUT2D eigenvalue weighted by atomic mass is 9.96. The second-order valence-corrected chi connectivity index (χ2v) is 11.1. The van der Waals surface area contributed by atoms with Gasteiger partial charge in [-0.3, -0.25) is 0 Å². The van der Waals surface area contributed by atoms with Crippen molar-refractivity contribution >= 4 is 0 Å². The van der Waals surface area contributed by atoms with E-state index in [2.05, 4.69) is 0 Å². The van der Waals surface area contributed by atoms with Crippen LogP contribution in [0.25, 0.3) is 0 Å². The van der Waals surface area contributed by atoms with E-state index in [-0.39, 0.29) is 0 Å². The molecule has 4 aliphatic heterocycles. The third-order valence-electron chi connectivity index (χ3n) is 8.19. The van der Waals surface area contributed by atoms with Crippen molar-refractivity contribution < 1.29 is 105 Å². The summed E-state index contributed by atoms with van der Waals surface area (Å²) >= 11 is 0. The minimum Gasteiger partial charge on any atom is -0.394 e. The summed E-state index contributed by atoms with van der Waals surface area (Å²) in [4.78, 5) is 0. The Balaban J connectivity index is 1.47. The first kappa shape index (κ1) is 37.0. The Kier molecular flexibility index (Phi) is 12.8. The first-order valence-electron chi connectivity index (χ1n) is 14.1. The second-order valence-electron chi connectivity index (χ2n) is 11.1. The number of hydrogen-bond donors (Lipinski definition) is 14. The van der Waals surface area contributed by atoms with E-state index in [9.17, 15) is 71.5 Å². The Bertz CT molecular complexity index is 912. The van der Waals surface area contributed by atoms with Crippen LogP contribution in [0.1, 0.15) is 0 Å². The van der Waals surface area contributed by atoms with Gasteiger partial charge >= 0.3 is 0 Å². The topological polar surface area (TPSA) is 348 Å². The molecule has 264 valence electrons. The van der Waals surface area contributed by atoms with Crippen LogP contribution in [0.5, 0.6) is 0 Å². The van der Waals surface area contributed by atoms with Gasteiger partial charge in [-0.15, -0.1) is 0 Å². The van der Waals surface area contributed by atoms with Crippen LogP contribution in [0.2, 0.25) is 0 Å². The van der Waals surface area contributed by atoms with Crippen LogP contribution in [0, 0.1) is 0 Å². The van der Waals surface area contributed by atoms with Crippen molar-refractivity contribution in [3.63, 3.8) is 0 Å². The highest BCUT2D eigenvalue weighted by atomic mass is 16.8. The van der Waals surface area contributed by atoms with E-state index in [4.69, 9.17) is 33.2 Å². The Hall–Kier alpha value is -0.840. The SMILES string of the molecule is OC[C@H]1O[C@@H](O[C@@H]2[C@@H](O)[C@H](O[C@H]3[C@H](O)[C@@H](O)[C@@H](O[C@H]4O[C@H](CO)[C@@H](O)[C@H](O)[C@H]4O)O[C@@H]3CO)O[C@H](CO)[C@H]2O)[C@H](O)[C@@H](O)[C@@H]1O. The van der Waals surface area contributed by atoms with E-state index in [1.807, 2.05) is 0 Å². The molecular formula is C24H42O21. The van der Waals surface area contributed by atoms with Crippen molar-refractivity contribution in [2.75, 3.05) is 26.4 Å². The van der Waals surface area contributed by atoms with Crippen molar-refractivity contribution in [2.24, 2.45) is 0 Å². The molecule has 0 saturated carbocycles. The molecule has 0 spiro atoms. The predicted octanol–water partition coefficient (Wildman–Crippen LogP) is -9.75. The lowest BCUT2D eigenvalue weighted by Crippen LogP contribution is -2.67. The minimum absolute atomic E-state index is 0.787. The molecule has 4 rings (SSSR count). The highest BCUT2D eigenvalue weighted by Gasteiger charge is 2.55. The van der Waals surface area contributed by atoms with E-state index in [1.54, 1.807) is 0 Å². The van der Waals surface area contributed by atoms with Crippen LogP contribution in [-0.4, -0.2) is 221 Å². The summed E-state index contributed by atoms with van der Waals surface area (Å²) in [5.41, 5.74) is 0. The average Bonchev–Trinajstić information content (AvgIpc) is 3.03. The minimum atomic E-state index is -2.02. The molecule has 0 unspecified atom stereocenters. The van der Waals surface area contributed by atoms with Crippen LogP contribution in [0.4, 0.5) is 0 Å². The Morgan fingerprint density at radius 3 is 1.09 bits per heavy atom. The molecule has 21 nitrogen and oxygen atoms in total. The molecule has 0 amide bonds. The first-order chi connectivity index (χ1) is 21.3. The Morgan fingerprint density at radius 2 is 0.644 bits per heavy atom. The van der Waals surface area contributed by atoms with Gasteiger partial charge in [-0.1, -0.05) is 0 Å². The number of ether oxygens (including phenoxy) is 7. The van der Waals surface area contributed by atoms with E-state index in [1.165, 1.54) is 0 Å². The van der Waals surface area contributed by atoms with Gasteiger partial charge < -0.3 is 105 Å². The molecule has 14 N–H and O–H groups in total. The lowest BCUT2D eigenvalue weighted by molar-refractivity contribution is -0.397. The van der Waals surface area contributed by atoms with Crippen molar-refractivity contribution in [2.45, 2.75) is 123 Å². The van der Waals surface area contributed by atoms with Gasteiger partial charge in [0.2, 0.25) is 0 Å². The maximum absolute atomic E-state index is 11.0. The molecule has 4 aliphatic rings. The number of rotatable bonds is 10. The predicted molar refractivity (Wildman–Crippen MR) is 134 cm³/mol. The number of hydrogen-bond acceptors (Lipinski definition) is 21. The van der Waals surface area contributed by atoms with Crippen LogP contribution < -0.4 is 0 Å². The summed E-state index contributed by atoms with van der Waals surface area (Å²) in [7, 11) is 0. The molecule has 45 heavy (non-hydrogen) atoms. The van der Waals surface area contributed by atoms with Crippen LogP contribution in [0.3, 0.4) is 0 Å². The van der Waals surface area contributed by atoms with Gasteiger partial charge in [-0.2, -0.15) is 0 Å². The molecule has 0 aliphatic carbocycles. The Labute approximate surface area is 254 Å². The van der Waals surface area contributed by atoms with Gasteiger partial charge in [0.1, 0.15) is 97.7 Å². The molecule has 20 atom stereocenters. The molecule has 21 heteroatoms. The van der Waals surface area contributed by atoms with E-state index >= 15 is 0 Å². The zero-order chi connectivity index (χ0) is 33.3. The summed E-state index contributed by atoms with van der Waals surface area (Å²) < 4.78 is 37.8. The van der Waals surface area contributed by atoms with Gasteiger partial charge in [0, 0.05) is 0 Å². The first-order valence-corrected chi connectivity index (χ1v) is 14.1. The van der Waals surface area contributed by atoms with Gasteiger partial charge in [-0.05, 0) is 0 Å². The normalized spacial score (nSPS) is 52.9. The molecule has 0 radical (unpaired) electrons. The van der Waals surface area contributed by atoms with Gasteiger partial charge in [0.25, 0.3) is 0 Å². The summed E-state index contributed by atoms with van der Waals surface area (Å²) in [5.74, 6) is 0. The van der Waals surface area contributed by atoms with Gasteiger partial charge in [0.05, 0.1) is 26.4 Å². The number of aliphatic hydroxyl groups is 14. The molecule has 4 fully saturated rings. The fraction of sp³-hybridized carbons (Fsp3) is 1.00. The highest BCUT2D eigenvalue weighted by Crippen LogP contribution is 2.34. The lowest BCUT2D eigenvalue weighted by Gasteiger charge is -2.48. The fourth-order valence-electron chi connectivity index (χ4n) is 5.46. The van der Waals surface area contributed by atoms with Gasteiger partial charge in [-0.25, -0.2) is 0 Å². The summed E-state index contributed by atoms with van der Waals surface area (Å²) in [6.07, 6.45) is -35.6. The van der Waals surface area contributed by atoms with Crippen molar-refractivity contribution in [3.05, 3.63) is 0 Å². The smallest absolute Gasteiger partial charge is 0.189 e. The van der Waals surface area contributed by atoms with Gasteiger partial charge in [0.15, 0.2) is 25.2 Å². The summed E-state index contributed by atoms with van der Waals surface area (Å²) in [5, 5.41) is 142. The van der Waals surface area contributed by atoms with Crippen molar-refractivity contribution in [1.29, 1.82) is 0 Å². The third-order valence-corrected chi connectivity index (χ3v) is 8.19. The fourth-order valence-corrected chi connectivity index (χ4v) is 5.46. The summed E-state index contributed by atoms with van der Waals surface area (Å²) in [6, 6.07) is 0. The quantitative estimate of drug-likeness (QED) is 0.103. The molecule has 0 bridgehead atoms. The summed E-state index contributed by atoms with van der Waals surface area (Å²) in [6.45, 7) is -3.39. The molecule has 0 aromatic heterocycles. The van der Waals surface area contributed by atoms with E-state index < -0.39 is 149 Å². The third kappa shape index (κ3) is 7.44. The zero-order valence-corrected chi connectivity index (χ0v) is 23.5. The standard InChI is InChI=1S/C24H42O21/c25-1-5-9(29)12(32)15(35)21(39-5)44-20-11(31)7(3-27)41-24(18(20)38)43-19-8(4-28)42-23(17(37)14(19)34)45-22-16(36)13(33)10(30)6(2-26)40-22/h5-38H,1-4H2/t5-,6-,7-,8-,9-,10-,11-,12+,13+,14-,15-,16-,17-,18-,19-,20+,21+,22-,23-,24+/m1/s1. The van der Waals surface area contributed by atoms with Crippen LogP contribution in [-0.2, 0) is 33.2 Å². The molecule has 0 aromatic rings. The van der Waals surface area contributed by atoms with E-state index in [0.717, 1.165) is 0 Å². The molecule has 4 saturated heterocycles. The second kappa shape index (κ2) is 15.6. The monoisotopic (exact) mass is 666 g/mol. The van der Waals surface area contributed by atoms with Crippen molar-refractivity contribution in [3.8, 4) is 0 Å². The zero-order valence-electron chi connectivity index (χ0n) is 23.5. The maximum Gasteiger partial charge on any atom is 0.189 e. The van der Waals surface area contributed by atoms with Crippen molar-refractivity contribution in [1.82, 2.24) is 0 Å².